The van der Waals surface area contributed by atoms with Crippen LogP contribution in [0.25, 0.3) is 0 Å². The topological polar surface area (TPSA) is 33.0 Å². The number of nitriles is 1. The van der Waals surface area contributed by atoms with Crippen LogP contribution in [0.2, 0.25) is 0 Å². The third-order valence-electron chi connectivity index (χ3n) is 1.06. The molecule has 0 aliphatic heterocycles. The summed E-state index contributed by atoms with van der Waals surface area (Å²) >= 11 is 6.25. The highest BCUT2D eigenvalue weighted by Gasteiger charge is 2.09. The van der Waals surface area contributed by atoms with Crippen LogP contribution < -0.4 is 0 Å². The maximum atomic E-state index is 8.64. The average molecular weight is 201 g/mol. The van der Waals surface area contributed by atoms with Gasteiger partial charge in [-0.2, -0.15) is 5.26 Å². The molecule has 0 heterocycles. The highest BCUT2D eigenvalue weighted by molar-refractivity contribution is 8.03. The van der Waals surface area contributed by atoms with Crippen LogP contribution in [-0.2, 0) is 4.74 Å². The summed E-state index contributed by atoms with van der Waals surface area (Å²) in [5, 5.41) is 10.6. The maximum absolute atomic E-state index is 8.64. The molecule has 0 aromatic heterocycles. The molecular weight excluding hydrogens is 190 g/mol. The van der Waals surface area contributed by atoms with Gasteiger partial charge in [0.2, 0.25) is 0 Å². The minimum absolute atomic E-state index is 0.165. The molecule has 0 fully saturated rings. The van der Waals surface area contributed by atoms with E-state index >= 15 is 0 Å². The number of ether oxygens (including phenoxy) is 1. The van der Waals surface area contributed by atoms with Crippen LogP contribution in [-0.4, -0.2) is 16.9 Å². The van der Waals surface area contributed by atoms with E-state index in [9.17, 15) is 0 Å². The van der Waals surface area contributed by atoms with Crippen molar-refractivity contribution in [1.82, 2.24) is 0 Å². The lowest BCUT2D eigenvalue weighted by molar-refractivity contribution is 0.328. The summed E-state index contributed by atoms with van der Waals surface area (Å²) in [5.74, 6) is 0. The predicted octanol–water partition coefficient (Wildman–Crippen LogP) is 2.51. The summed E-state index contributed by atoms with van der Waals surface area (Å²) in [6, 6.07) is 2.12. The summed E-state index contributed by atoms with van der Waals surface area (Å²) in [7, 11) is 0. The number of thiocarbonyl (C=S) groups is 1. The fourth-order valence-corrected chi connectivity index (χ4v) is 1.54. The molecule has 0 aliphatic rings. The van der Waals surface area contributed by atoms with Crippen molar-refractivity contribution < 1.29 is 4.74 Å². The van der Waals surface area contributed by atoms with E-state index in [1.54, 1.807) is 5.41 Å². The largest absolute Gasteiger partial charge is 0.487 e. The SMILES string of the molecule is C=CSC(C#N)CC(=S)OCC. The Morgan fingerprint density at radius 2 is 2.58 bits per heavy atom. The second-order valence-corrected chi connectivity index (χ2v) is 3.56. The average Bonchev–Trinajstić information content (AvgIpc) is 2.04. The van der Waals surface area contributed by atoms with E-state index in [1.807, 2.05) is 6.92 Å². The number of hydrogen-bond acceptors (Lipinski definition) is 4. The van der Waals surface area contributed by atoms with Crippen molar-refractivity contribution in [3.8, 4) is 6.07 Å². The third-order valence-corrected chi connectivity index (χ3v) is 2.14. The molecule has 12 heavy (non-hydrogen) atoms. The Labute approximate surface area is 82.6 Å². The summed E-state index contributed by atoms with van der Waals surface area (Å²) in [6.45, 7) is 5.96. The molecule has 0 N–H and O–H groups in total. The molecule has 1 unspecified atom stereocenters. The summed E-state index contributed by atoms with van der Waals surface area (Å²) in [4.78, 5) is 0. The predicted molar refractivity (Wildman–Crippen MR) is 56.0 cm³/mol. The first-order valence-electron chi connectivity index (χ1n) is 3.56. The van der Waals surface area contributed by atoms with E-state index in [1.165, 1.54) is 11.8 Å². The smallest absolute Gasteiger partial charge is 0.161 e. The van der Waals surface area contributed by atoms with Gasteiger partial charge >= 0.3 is 0 Å². The molecule has 0 aromatic carbocycles. The maximum Gasteiger partial charge on any atom is 0.161 e. The third kappa shape index (κ3) is 5.16. The zero-order valence-corrected chi connectivity index (χ0v) is 8.58. The van der Waals surface area contributed by atoms with Crippen LogP contribution in [0.5, 0.6) is 0 Å². The number of rotatable bonds is 5. The van der Waals surface area contributed by atoms with Crippen LogP contribution in [0, 0.1) is 11.3 Å². The summed E-state index contributed by atoms with van der Waals surface area (Å²) in [5.41, 5.74) is 0. The first-order valence-corrected chi connectivity index (χ1v) is 4.91. The van der Waals surface area contributed by atoms with Gasteiger partial charge in [0.15, 0.2) is 5.05 Å². The molecule has 0 spiro atoms. The van der Waals surface area contributed by atoms with Gasteiger partial charge in [-0.1, -0.05) is 6.58 Å². The van der Waals surface area contributed by atoms with E-state index in [4.69, 9.17) is 22.2 Å². The molecule has 0 amide bonds. The molecule has 2 nitrogen and oxygen atoms in total. The van der Waals surface area contributed by atoms with E-state index in [0.29, 0.717) is 18.1 Å². The quantitative estimate of drug-likeness (QED) is 0.640. The highest BCUT2D eigenvalue weighted by atomic mass is 32.2. The summed E-state index contributed by atoms with van der Waals surface area (Å²) < 4.78 is 5.05. The highest BCUT2D eigenvalue weighted by Crippen LogP contribution is 2.15. The van der Waals surface area contributed by atoms with Gasteiger partial charge < -0.3 is 4.74 Å². The fraction of sp³-hybridized carbons (Fsp3) is 0.500. The Hall–Kier alpha value is -0.530. The van der Waals surface area contributed by atoms with Crippen molar-refractivity contribution >= 4 is 29.0 Å². The lowest BCUT2D eigenvalue weighted by Crippen LogP contribution is -2.09. The van der Waals surface area contributed by atoms with Gasteiger partial charge in [0, 0.05) is 6.42 Å². The Balaban J connectivity index is 3.78. The van der Waals surface area contributed by atoms with E-state index < -0.39 is 0 Å². The normalized spacial score (nSPS) is 11.3. The molecule has 0 radical (unpaired) electrons. The minimum atomic E-state index is -0.165. The van der Waals surface area contributed by atoms with Gasteiger partial charge in [-0.25, -0.2) is 0 Å². The van der Waals surface area contributed by atoms with Crippen LogP contribution in [0.4, 0.5) is 0 Å². The number of nitrogens with zero attached hydrogens (tertiary/aromatic N) is 1. The second kappa shape index (κ2) is 7.14. The van der Waals surface area contributed by atoms with Crippen molar-refractivity contribution in [2.75, 3.05) is 6.61 Å². The van der Waals surface area contributed by atoms with Crippen molar-refractivity contribution in [2.24, 2.45) is 0 Å². The summed E-state index contributed by atoms with van der Waals surface area (Å²) in [6.07, 6.45) is 0.496. The van der Waals surface area contributed by atoms with Crippen molar-refractivity contribution in [3.05, 3.63) is 12.0 Å². The van der Waals surface area contributed by atoms with E-state index in [0.717, 1.165) is 0 Å². The Bertz CT molecular complexity index is 198. The Morgan fingerprint density at radius 1 is 1.92 bits per heavy atom. The molecule has 0 aliphatic carbocycles. The lowest BCUT2D eigenvalue weighted by Gasteiger charge is -2.07. The standard InChI is InChI=1S/C8H11NOS2/c1-3-10-8(11)5-7(6-9)12-4-2/h4,7H,2-3,5H2,1H3. The number of hydrogen-bond donors (Lipinski definition) is 0. The first kappa shape index (κ1) is 11.5. The first-order chi connectivity index (χ1) is 5.74. The molecule has 0 bridgehead atoms. The van der Waals surface area contributed by atoms with Crippen LogP contribution in [0.3, 0.4) is 0 Å². The van der Waals surface area contributed by atoms with Crippen molar-refractivity contribution in [2.45, 2.75) is 18.6 Å². The molecule has 0 saturated heterocycles. The zero-order chi connectivity index (χ0) is 9.40. The zero-order valence-electron chi connectivity index (χ0n) is 6.95. The van der Waals surface area contributed by atoms with Gasteiger partial charge in [-0.3, -0.25) is 0 Å². The van der Waals surface area contributed by atoms with Gasteiger partial charge in [0.05, 0.1) is 12.7 Å². The van der Waals surface area contributed by atoms with Gasteiger partial charge in [-0.05, 0) is 24.5 Å². The molecule has 1 atom stereocenters. The minimum Gasteiger partial charge on any atom is -0.487 e. The fourth-order valence-electron chi connectivity index (χ4n) is 0.612. The molecule has 0 rings (SSSR count). The number of thioether (sulfide) groups is 1. The molecule has 0 aromatic rings. The second-order valence-electron chi connectivity index (χ2n) is 1.93. The van der Waals surface area contributed by atoms with Gasteiger partial charge in [0.1, 0.15) is 5.25 Å². The molecule has 4 heteroatoms. The molecular formula is C8H11NOS2. The van der Waals surface area contributed by atoms with Crippen molar-refractivity contribution in [1.29, 1.82) is 5.26 Å². The Morgan fingerprint density at radius 3 is 3.00 bits per heavy atom. The van der Waals surface area contributed by atoms with Crippen LogP contribution in [0.15, 0.2) is 12.0 Å². The van der Waals surface area contributed by atoms with Crippen LogP contribution >= 0.6 is 24.0 Å². The van der Waals surface area contributed by atoms with Crippen LogP contribution in [0.1, 0.15) is 13.3 Å². The van der Waals surface area contributed by atoms with E-state index in [-0.39, 0.29) is 5.25 Å². The molecule has 66 valence electrons. The monoisotopic (exact) mass is 201 g/mol. The van der Waals surface area contributed by atoms with Gasteiger partial charge in [0.25, 0.3) is 0 Å². The van der Waals surface area contributed by atoms with E-state index in [2.05, 4.69) is 12.6 Å². The lowest BCUT2D eigenvalue weighted by atomic mass is 10.3. The van der Waals surface area contributed by atoms with Crippen molar-refractivity contribution in [3.63, 3.8) is 0 Å². The van der Waals surface area contributed by atoms with Gasteiger partial charge in [-0.15, -0.1) is 11.8 Å². The Kier molecular flexibility index (Phi) is 6.82. The molecule has 0 saturated carbocycles.